The van der Waals surface area contributed by atoms with E-state index in [-0.39, 0.29) is 5.91 Å². The highest BCUT2D eigenvalue weighted by atomic mass is 32.2. The number of amides is 1. The summed E-state index contributed by atoms with van der Waals surface area (Å²) < 4.78 is 1.02. The zero-order valence-electron chi connectivity index (χ0n) is 15.9. The maximum atomic E-state index is 12.6. The van der Waals surface area contributed by atoms with E-state index in [9.17, 15) is 4.79 Å². The fraction of sp³-hybridized carbons (Fsp3) is 0.636. The van der Waals surface area contributed by atoms with Crippen molar-refractivity contribution in [2.45, 2.75) is 57.2 Å². The molecule has 5 aliphatic rings. The van der Waals surface area contributed by atoms with Gasteiger partial charge in [0.1, 0.15) is 4.38 Å². The van der Waals surface area contributed by atoms with Crippen molar-refractivity contribution in [1.82, 2.24) is 5.32 Å². The maximum Gasteiger partial charge on any atom is 0.230 e. The van der Waals surface area contributed by atoms with Gasteiger partial charge in [0.25, 0.3) is 0 Å². The van der Waals surface area contributed by atoms with E-state index in [4.69, 9.17) is 4.99 Å². The minimum absolute atomic E-state index is 0.172. The van der Waals surface area contributed by atoms with Crippen LogP contribution in [0.3, 0.4) is 0 Å². The number of nitrogens with zero attached hydrogens (tertiary/aromatic N) is 1. The summed E-state index contributed by atoms with van der Waals surface area (Å²) in [4.78, 5) is 17.4. The van der Waals surface area contributed by atoms with Gasteiger partial charge in [-0.3, -0.25) is 4.79 Å². The van der Waals surface area contributed by atoms with Gasteiger partial charge in [-0.1, -0.05) is 41.7 Å². The molecule has 1 heterocycles. The minimum atomic E-state index is 0.172. The van der Waals surface area contributed by atoms with Crippen LogP contribution in [0.5, 0.6) is 0 Å². The smallest absolute Gasteiger partial charge is 0.230 e. The molecule has 4 saturated carbocycles. The van der Waals surface area contributed by atoms with E-state index in [0.717, 1.165) is 33.6 Å². The van der Waals surface area contributed by atoms with Crippen molar-refractivity contribution >= 4 is 39.5 Å². The zero-order chi connectivity index (χ0) is 18.4. The van der Waals surface area contributed by atoms with Crippen molar-refractivity contribution in [2.24, 2.45) is 28.2 Å². The molecule has 1 aromatic rings. The molecule has 5 heteroatoms. The Kier molecular flexibility index (Phi) is 4.79. The second-order valence-corrected chi connectivity index (χ2v) is 11.3. The number of aliphatic imine (C=N–C) groups is 1. The molecule has 144 valence electrons. The van der Waals surface area contributed by atoms with Gasteiger partial charge in [-0.2, -0.15) is 0 Å². The van der Waals surface area contributed by atoms with Crippen LogP contribution in [0.1, 0.15) is 51.0 Å². The van der Waals surface area contributed by atoms with Crippen LogP contribution in [0.25, 0.3) is 0 Å². The van der Waals surface area contributed by atoms with Gasteiger partial charge in [0.2, 0.25) is 5.91 Å². The molecule has 1 aliphatic heterocycles. The molecule has 0 aromatic heterocycles. The third-order valence-corrected chi connectivity index (χ3v) is 9.51. The molecule has 4 bridgehead atoms. The Morgan fingerprint density at radius 2 is 1.89 bits per heavy atom. The first-order valence-electron chi connectivity index (χ1n) is 10.3. The molecular weight excluding hydrogens is 372 g/mol. The Labute approximate surface area is 170 Å². The quantitative estimate of drug-likeness (QED) is 0.738. The SMILES string of the molecule is C[C@H](NC(=O)CSC1=Nc2ccccc2CS1)C12CC3CC(CC(C3)C1)C2. The van der Waals surface area contributed by atoms with E-state index >= 15 is 0 Å². The largest absolute Gasteiger partial charge is 0.352 e. The number of thioether (sulfide) groups is 2. The number of hydrogen-bond acceptors (Lipinski definition) is 4. The second kappa shape index (κ2) is 7.14. The molecule has 3 nitrogen and oxygen atoms in total. The monoisotopic (exact) mass is 400 g/mol. The Balaban J connectivity index is 1.18. The second-order valence-electron chi connectivity index (χ2n) is 9.15. The molecule has 4 aliphatic carbocycles. The summed E-state index contributed by atoms with van der Waals surface area (Å²) in [6, 6.07) is 8.59. The number of carbonyl (C=O) groups is 1. The molecule has 1 N–H and O–H groups in total. The zero-order valence-corrected chi connectivity index (χ0v) is 17.6. The van der Waals surface area contributed by atoms with Crippen molar-refractivity contribution in [3.8, 4) is 0 Å². The summed E-state index contributed by atoms with van der Waals surface area (Å²) in [5.41, 5.74) is 2.72. The van der Waals surface area contributed by atoms with E-state index in [2.05, 4.69) is 30.4 Å². The number of nitrogens with one attached hydrogen (secondary N) is 1. The van der Waals surface area contributed by atoms with Gasteiger partial charge in [0.15, 0.2) is 0 Å². The number of para-hydroxylation sites is 1. The first-order chi connectivity index (χ1) is 13.1. The van der Waals surface area contributed by atoms with Gasteiger partial charge in [-0.15, -0.1) is 0 Å². The number of benzene rings is 1. The highest BCUT2D eigenvalue weighted by molar-refractivity contribution is 8.38. The average Bonchev–Trinajstić information content (AvgIpc) is 2.65. The van der Waals surface area contributed by atoms with Crippen LogP contribution in [0.15, 0.2) is 29.3 Å². The predicted octanol–water partition coefficient (Wildman–Crippen LogP) is 5.38. The Morgan fingerprint density at radius 3 is 2.59 bits per heavy atom. The van der Waals surface area contributed by atoms with Gasteiger partial charge >= 0.3 is 0 Å². The van der Waals surface area contributed by atoms with Gasteiger partial charge in [-0.05, 0) is 80.2 Å². The van der Waals surface area contributed by atoms with Crippen LogP contribution in [-0.2, 0) is 10.5 Å². The molecule has 0 spiro atoms. The van der Waals surface area contributed by atoms with Crippen molar-refractivity contribution < 1.29 is 4.79 Å². The molecule has 4 fully saturated rings. The van der Waals surface area contributed by atoms with Crippen LogP contribution >= 0.6 is 23.5 Å². The standard InChI is InChI=1S/C22H28N2OS2/c1-14(22-9-15-6-16(10-22)8-17(7-15)11-22)23-20(25)13-27-21-24-19-5-3-2-4-18(19)12-26-21/h2-5,14-17H,6-13H2,1H3,(H,23,25)/t14-,15?,16?,17?,22?/m0/s1. The molecule has 1 atom stereocenters. The highest BCUT2D eigenvalue weighted by Crippen LogP contribution is 2.61. The first-order valence-corrected chi connectivity index (χ1v) is 12.3. The van der Waals surface area contributed by atoms with Gasteiger partial charge in [0, 0.05) is 11.8 Å². The van der Waals surface area contributed by atoms with Gasteiger partial charge < -0.3 is 5.32 Å². The summed E-state index contributed by atoms with van der Waals surface area (Å²) in [7, 11) is 0. The van der Waals surface area contributed by atoms with E-state index in [1.54, 1.807) is 23.5 Å². The first kappa shape index (κ1) is 18.1. The molecule has 1 aromatic carbocycles. The number of carbonyl (C=O) groups excluding carboxylic acids is 1. The molecular formula is C22H28N2OS2. The summed E-state index contributed by atoms with van der Waals surface area (Å²) in [5, 5.41) is 3.37. The molecule has 1 amide bonds. The van der Waals surface area contributed by atoms with Crippen LogP contribution < -0.4 is 5.32 Å². The van der Waals surface area contributed by atoms with E-state index in [1.165, 1.54) is 44.1 Å². The third kappa shape index (κ3) is 3.57. The lowest BCUT2D eigenvalue weighted by Gasteiger charge is -2.59. The van der Waals surface area contributed by atoms with Crippen LogP contribution in [0.2, 0.25) is 0 Å². The number of rotatable bonds is 4. The lowest BCUT2D eigenvalue weighted by Crippen LogP contribution is -2.56. The highest BCUT2D eigenvalue weighted by Gasteiger charge is 2.53. The number of fused-ring (bicyclic) bond motifs is 1. The van der Waals surface area contributed by atoms with Crippen LogP contribution in [-0.4, -0.2) is 22.1 Å². The van der Waals surface area contributed by atoms with Crippen LogP contribution in [0, 0.1) is 23.2 Å². The predicted molar refractivity (Wildman–Crippen MR) is 115 cm³/mol. The molecule has 6 rings (SSSR count). The lowest BCUT2D eigenvalue weighted by atomic mass is 9.48. The summed E-state index contributed by atoms with van der Waals surface area (Å²) >= 11 is 3.34. The molecule has 0 radical (unpaired) electrons. The van der Waals surface area contributed by atoms with Gasteiger partial charge in [0.05, 0.1) is 11.4 Å². The fourth-order valence-electron chi connectivity index (χ4n) is 6.36. The van der Waals surface area contributed by atoms with E-state index in [1.807, 2.05) is 6.07 Å². The van der Waals surface area contributed by atoms with Crippen LogP contribution in [0.4, 0.5) is 5.69 Å². The van der Waals surface area contributed by atoms with Crippen molar-refractivity contribution in [2.75, 3.05) is 5.75 Å². The van der Waals surface area contributed by atoms with Crippen molar-refractivity contribution in [3.63, 3.8) is 0 Å². The summed E-state index contributed by atoms with van der Waals surface area (Å²) in [6.45, 7) is 2.26. The summed E-state index contributed by atoms with van der Waals surface area (Å²) in [5.74, 6) is 4.39. The van der Waals surface area contributed by atoms with E-state index in [0.29, 0.717) is 17.2 Å². The van der Waals surface area contributed by atoms with E-state index < -0.39 is 0 Å². The summed E-state index contributed by atoms with van der Waals surface area (Å²) in [6.07, 6.45) is 8.38. The van der Waals surface area contributed by atoms with Crippen molar-refractivity contribution in [3.05, 3.63) is 29.8 Å². The Hall–Kier alpha value is -0.940. The molecule has 0 unspecified atom stereocenters. The average molecular weight is 401 g/mol. The third-order valence-electron chi connectivity index (χ3n) is 7.26. The maximum absolute atomic E-state index is 12.6. The fourth-order valence-corrected chi connectivity index (χ4v) is 8.23. The minimum Gasteiger partial charge on any atom is -0.352 e. The van der Waals surface area contributed by atoms with Crippen molar-refractivity contribution in [1.29, 1.82) is 0 Å². The normalized spacial score (nSPS) is 34.7. The Bertz CT molecular complexity index is 740. The molecule has 27 heavy (non-hydrogen) atoms. The van der Waals surface area contributed by atoms with Gasteiger partial charge in [-0.25, -0.2) is 4.99 Å². The topological polar surface area (TPSA) is 41.5 Å². The Morgan fingerprint density at radius 1 is 1.22 bits per heavy atom. The lowest BCUT2D eigenvalue weighted by molar-refractivity contribution is -0.123. The number of hydrogen-bond donors (Lipinski definition) is 1. The molecule has 0 saturated heterocycles.